The number of pyridine rings is 1. The van der Waals surface area contributed by atoms with E-state index in [1.165, 1.54) is 5.69 Å². The quantitative estimate of drug-likeness (QED) is 0.427. The fourth-order valence-corrected chi connectivity index (χ4v) is 4.40. The largest absolute Gasteiger partial charge is 0.378 e. The van der Waals surface area contributed by atoms with Gasteiger partial charge in [0.05, 0.1) is 37.0 Å². The lowest BCUT2D eigenvalue weighted by molar-refractivity contribution is 0.122. The fourth-order valence-electron chi connectivity index (χ4n) is 3.54. The highest BCUT2D eigenvalue weighted by molar-refractivity contribution is 7.07. The lowest BCUT2D eigenvalue weighted by Crippen LogP contribution is -2.36. The van der Waals surface area contributed by atoms with Crippen LogP contribution in [0.5, 0.6) is 0 Å². The summed E-state index contributed by atoms with van der Waals surface area (Å²) in [6.07, 6.45) is 5.38. The summed E-state index contributed by atoms with van der Waals surface area (Å²) in [6, 6.07) is 22.5. The molecule has 6 nitrogen and oxygen atoms in total. The second kappa shape index (κ2) is 9.72. The molecule has 1 aliphatic heterocycles. The van der Waals surface area contributed by atoms with Gasteiger partial charge in [-0.15, -0.1) is 11.3 Å². The van der Waals surface area contributed by atoms with Crippen molar-refractivity contribution in [1.82, 2.24) is 9.66 Å². The van der Waals surface area contributed by atoms with Gasteiger partial charge in [0.25, 0.3) is 0 Å². The van der Waals surface area contributed by atoms with Gasteiger partial charge in [0.2, 0.25) is 4.80 Å². The summed E-state index contributed by atoms with van der Waals surface area (Å²) in [4.78, 5) is 12.1. The average molecular weight is 442 g/mol. The number of hydrogen-bond donors (Lipinski definition) is 0. The Morgan fingerprint density at radius 3 is 2.50 bits per heavy atom. The molecule has 2 aromatic carbocycles. The van der Waals surface area contributed by atoms with Crippen LogP contribution in [-0.4, -0.2) is 42.2 Å². The molecule has 0 radical (unpaired) electrons. The third-order valence-electron chi connectivity index (χ3n) is 5.22. The van der Waals surface area contributed by atoms with E-state index in [1.54, 1.807) is 23.7 Å². The van der Waals surface area contributed by atoms with Crippen molar-refractivity contribution in [3.05, 3.63) is 94.9 Å². The number of morpholine rings is 1. The smallest absolute Gasteiger partial charge is 0.211 e. The Kier molecular flexibility index (Phi) is 6.18. The summed E-state index contributed by atoms with van der Waals surface area (Å²) in [5.74, 6) is 0. The van der Waals surface area contributed by atoms with Gasteiger partial charge in [-0.3, -0.25) is 4.98 Å². The predicted octanol–water partition coefficient (Wildman–Crippen LogP) is 4.56. The molecule has 0 N–H and O–H groups in total. The van der Waals surface area contributed by atoms with Gasteiger partial charge >= 0.3 is 0 Å². The molecular formula is C25H23N5OS. The molecule has 4 aromatic rings. The zero-order chi connectivity index (χ0) is 21.6. The van der Waals surface area contributed by atoms with Gasteiger partial charge < -0.3 is 9.64 Å². The van der Waals surface area contributed by atoms with Crippen molar-refractivity contribution in [2.75, 3.05) is 31.2 Å². The number of hydrogen-bond acceptors (Lipinski definition) is 6. The summed E-state index contributed by atoms with van der Waals surface area (Å²) in [5.41, 5.74) is 5.14. The van der Waals surface area contributed by atoms with Crippen molar-refractivity contribution < 1.29 is 4.74 Å². The van der Waals surface area contributed by atoms with Gasteiger partial charge in [-0.05, 0) is 29.8 Å². The van der Waals surface area contributed by atoms with Crippen molar-refractivity contribution in [3.63, 3.8) is 0 Å². The van der Waals surface area contributed by atoms with E-state index >= 15 is 0 Å². The molecule has 0 bridgehead atoms. The minimum Gasteiger partial charge on any atom is -0.378 e. The molecule has 3 heterocycles. The second-order valence-electron chi connectivity index (χ2n) is 7.34. The normalized spacial score (nSPS) is 14.9. The van der Waals surface area contributed by atoms with Crippen molar-refractivity contribution in [1.29, 1.82) is 0 Å². The third kappa shape index (κ3) is 4.69. The van der Waals surface area contributed by atoms with E-state index in [9.17, 15) is 0 Å². The van der Waals surface area contributed by atoms with Crippen LogP contribution in [0.4, 0.5) is 11.4 Å². The van der Waals surface area contributed by atoms with E-state index < -0.39 is 0 Å². The van der Waals surface area contributed by atoms with E-state index in [1.807, 2.05) is 41.2 Å². The predicted molar refractivity (Wildman–Crippen MR) is 130 cm³/mol. The third-order valence-corrected chi connectivity index (χ3v) is 6.03. The molecule has 7 heteroatoms. The van der Waals surface area contributed by atoms with E-state index in [0.29, 0.717) is 0 Å². The number of ether oxygens (including phenoxy) is 1. The van der Waals surface area contributed by atoms with Crippen LogP contribution >= 0.6 is 11.3 Å². The summed E-state index contributed by atoms with van der Waals surface area (Å²) in [7, 11) is 0. The standard InChI is InChI=1S/C25H23N5OS/c1-2-5-21(6-3-1)24-19-32-25(28-22-7-4-12-26-18-22)30(24)27-17-20-8-10-23(11-9-20)29-13-15-31-16-14-29/h1-12,17-19H,13-16H2. The van der Waals surface area contributed by atoms with Gasteiger partial charge in [0.15, 0.2) is 0 Å². The topological polar surface area (TPSA) is 55.0 Å². The lowest BCUT2D eigenvalue weighted by Gasteiger charge is -2.28. The van der Waals surface area contributed by atoms with E-state index in [4.69, 9.17) is 14.8 Å². The Balaban J connectivity index is 1.48. The molecular weight excluding hydrogens is 418 g/mol. The number of nitrogens with zero attached hydrogens (tertiary/aromatic N) is 5. The monoisotopic (exact) mass is 441 g/mol. The van der Waals surface area contributed by atoms with Crippen LogP contribution in [0.1, 0.15) is 5.56 Å². The minimum atomic E-state index is 0.781. The molecule has 0 amide bonds. The molecule has 160 valence electrons. The van der Waals surface area contributed by atoms with E-state index in [2.05, 4.69) is 51.7 Å². The number of thiazole rings is 1. The molecule has 1 saturated heterocycles. The minimum absolute atomic E-state index is 0.781. The van der Waals surface area contributed by atoms with Crippen molar-refractivity contribution in [2.24, 2.45) is 10.1 Å². The van der Waals surface area contributed by atoms with E-state index in [-0.39, 0.29) is 0 Å². The molecule has 0 saturated carbocycles. The van der Waals surface area contributed by atoms with Crippen LogP contribution < -0.4 is 9.70 Å². The van der Waals surface area contributed by atoms with E-state index in [0.717, 1.165) is 53.6 Å². The van der Waals surface area contributed by atoms with Gasteiger partial charge in [-0.25, -0.2) is 9.67 Å². The highest BCUT2D eigenvalue weighted by Gasteiger charge is 2.11. The van der Waals surface area contributed by atoms with Crippen LogP contribution in [-0.2, 0) is 4.74 Å². The average Bonchev–Trinajstić information content (AvgIpc) is 3.27. The molecule has 1 aliphatic rings. The first-order valence-corrected chi connectivity index (χ1v) is 11.4. The van der Waals surface area contributed by atoms with Crippen LogP contribution in [0.15, 0.2) is 94.6 Å². The maximum atomic E-state index is 5.45. The highest BCUT2D eigenvalue weighted by Crippen LogP contribution is 2.21. The number of anilines is 1. The van der Waals surface area contributed by atoms with Crippen molar-refractivity contribution in [2.45, 2.75) is 0 Å². The SMILES string of the molecule is C(=Nn1c(-c2ccccc2)csc1=Nc1cccnc1)c1ccc(N2CCOCC2)cc1. The molecule has 2 aromatic heterocycles. The summed E-state index contributed by atoms with van der Waals surface area (Å²) >= 11 is 1.56. The summed E-state index contributed by atoms with van der Waals surface area (Å²) in [5, 5.41) is 6.89. The molecule has 0 spiro atoms. The maximum absolute atomic E-state index is 5.45. The Labute approximate surface area is 190 Å². The zero-order valence-corrected chi connectivity index (χ0v) is 18.4. The van der Waals surface area contributed by atoms with Crippen LogP contribution in [0.3, 0.4) is 0 Å². The molecule has 0 aliphatic carbocycles. The lowest BCUT2D eigenvalue weighted by atomic mass is 10.2. The Hall–Kier alpha value is -3.55. The summed E-state index contributed by atoms with van der Waals surface area (Å²) < 4.78 is 7.34. The molecule has 1 fully saturated rings. The Morgan fingerprint density at radius 1 is 0.938 bits per heavy atom. The fraction of sp³-hybridized carbons (Fsp3) is 0.160. The number of aromatic nitrogens is 2. The van der Waals surface area contributed by atoms with Gasteiger partial charge in [-0.1, -0.05) is 42.5 Å². The molecule has 0 unspecified atom stereocenters. The zero-order valence-electron chi connectivity index (χ0n) is 17.5. The van der Waals surface area contributed by atoms with Gasteiger partial charge in [0, 0.05) is 35.9 Å². The Bertz CT molecular complexity index is 1240. The van der Waals surface area contributed by atoms with Crippen molar-refractivity contribution in [3.8, 4) is 11.3 Å². The van der Waals surface area contributed by atoms with Crippen LogP contribution in [0.2, 0.25) is 0 Å². The second-order valence-corrected chi connectivity index (χ2v) is 8.18. The first-order valence-electron chi connectivity index (χ1n) is 10.5. The number of benzene rings is 2. The molecule has 0 atom stereocenters. The van der Waals surface area contributed by atoms with Crippen LogP contribution in [0.25, 0.3) is 11.3 Å². The van der Waals surface area contributed by atoms with Crippen LogP contribution in [0, 0.1) is 0 Å². The number of rotatable bonds is 5. The first-order chi connectivity index (χ1) is 15.9. The maximum Gasteiger partial charge on any atom is 0.211 e. The first kappa shape index (κ1) is 20.4. The van der Waals surface area contributed by atoms with Crippen molar-refractivity contribution >= 4 is 28.9 Å². The molecule has 32 heavy (non-hydrogen) atoms. The van der Waals surface area contributed by atoms with Gasteiger partial charge in [-0.2, -0.15) is 5.10 Å². The Morgan fingerprint density at radius 2 is 1.75 bits per heavy atom. The molecule has 5 rings (SSSR count). The van der Waals surface area contributed by atoms with Gasteiger partial charge in [0.1, 0.15) is 0 Å². The summed E-state index contributed by atoms with van der Waals surface area (Å²) in [6.45, 7) is 3.42. The highest BCUT2D eigenvalue weighted by atomic mass is 32.1.